The van der Waals surface area contributed by atoms with Gasteiger partial charge in [0.05, 0.1) is 0 Å². The number of likely N-dealkylation sites (tertiary alicyclic amines) is 1. The zero-order valence-corrected chi connectivity index (χ0v) is 10.3. The zero-order chi connectivity index (χ0) is 12.7. The van der Waals surface area contributed by atoms with E-state index in [1.807, 2.05) is 6.20 Å². The molecule has 2 nitrogen and oxygen atoms in total. The van der Waals surface area contributed by atoms with Crippen molar-refractivity contribution in [3.8, 4) is 0 Å². The van der Waals surface area contributed by atoms with Gasteiger partial charge in [-0.25, -0.2) is 8.78 Å². The fourth-order valence-electron chi connectivity index (χ4n) is 2.90. The highest BCUT2D eigenvalue weighted by Crippen LogP contribution is 2.32. The average molecular weight is 250 g/mol. The fraction of sp³-hybridized carbons (Fsp3) is 0.429. The van der Waals surface area contributed by atoms with Crippen LogP contribution in [-0.4, -0.2) is 30.0 Å². The molecule has 1 saturated heterocycles. The Morgan fingerprint density at radius 3 is 2.83 bits per heavy atom. The molecule has 1 fully saturated rings. The number of fused-ring (bicyclic) bond motifs is 1. The Hall–Kier alpha value is -1.42. The largest absolute Gasteiger partial charge is 0.361 e. The number of aromatic nitrogens is 1. The lowest BCUT2D eigenvalue weighted by Gasteiger charge is -2.29. The fourth-order valence-corrected chi connectivity index (χ4v) is 2.90. The van der Waals surface area contributed by atoms with Crippen LogP contribution < -0.4 is 0 Å². The maximum absolute atomic E-state index is 13.4. The summed E-state index contributed by atoms with van der Waals surface area (Å²) < 4.78 is 26.5. The van der Waals surface area contributed by atoms with Gasteiger partial charge in [0.25, 0.3) is 0 Å². The third kappa shape index (κ3) is 1.90. The molecule has 1 unspecified atom stereocenters. The van der Waals surface area contributed by atoms with E-state index >= 15 is 0 Å². The van der Waals surface area contributed by atoms with Crippen LogP contribution in [0.3, 0.4) is 0 Å². The van der Waals surface area contributed by atoms with E-state index in [-0.39, 0.29) is 0 Å². The van der Waals surface area contributed by atoms with E-state index < -0.39 is 11.6 Å². The molecule has 0 spiro atoms. The van der Waals surface area contributed by atoms with Crippen molar-refractivity contribution < 1.29 is 8.78 Å². The van der Waals surface area contributed by atoms with E-state index in [1.54, 1.807) is 0 Å². The number of piperidine rings is 1. The first-order valence-corrected chi connectivity index (χ1v) is 6.29. The molecule has 0 bridgehead atoms. The van der Waals surface area contributed by atoms with E-state index in [1.165, 1.54) is 12.1 Å². The lowest BCUT2D eigenvalue weighted by Crippen LogP contribution is -2.30. The van der Waals surface area contributed by atoms with Crippen molar-refractivity contribution in [3.05, 3.63) is 35.5 Å². The molecule has 0 saturated carbocycles. The van der Waals surface area contributed by atoms with Gasteiger partial charge in [-0.15, -0.1) is 0 Å². The summed E-state index contributed by atoms with van der Waals surface area (Å²) in [7, 11) is 2.10. The minimum atomic E-state index is -0.795. The van der Waals surface area contributed by atoms with Crippen LogP contribution in [0.25, 0.3) is 10.9 Å². The molecule has 3 rings (SSSR count). The molecule has 1 aromatic carbocycles. The molecule has 0 radical (unpaired) electrons. The minimum Gasteiger partial charge on any atom is -0.361 e. The normalized spacial score (nSPS) is 21.6. The maximum Gasteiger partial charge on any atom is 0.160 e. The summed E-state index contributed by atoms with van der Waals surface area (Å²) in [4.78, 5) is 5.33. The molecular formula is C14H16F2N2. The Balaban J connectivity index is 2.04. The van der Waals surface area contributed by atoms with E-state index in [9.17, 15) is 8.78 Å². The monoisotopic (exact) mass is 250 g/mol. The van der Waals surface area contributed by atoms with Gasteiger partial charge in [0, 0.05) is 29.7 Å². The number of rotatable bonds is 1. The van der Waals surface area contributed by atoms with E-state index in [4.69, 9.17) is 0 Å². The number of nitrogens with one attached hydrogen (secondary N) is 1. The third-order valence-electron chi connectivity index (χ3n) is 3.82. The molecule has 1 aliphatic rings. The van der Waals surface area contributed by atoms with E-state index in [0.717, 1.165) is 36.9 Å². The average Bonchev–Trinajstić information content (AvgIpc) is 2.73. The molecule has 2 heterocycles. The Morgan fingerprint density at radius 2 is 2.06 bits per heavy atom. The van der Waals surface area contributed by atoms with Crippen LogP contribution in [0, 0.1) is 11.6 Å². The summed E-state index contributed by atoms with van der Waals surface area (Å²) >= 11 is 0. The summed E-state index contributed by atoms with van der Waals surface area (Å²) in [6.45, 7) is 2.09. The van der Waals surface area contributed by atoms with Gasteiger partial charge >= 0.3 is 0 Å². The summed E-state index contributed by atoms with van der Waals surface area (Å²) in [5.74, 6) is -1.16. The van der Waals surface area contributed by atoms with Gasteiger partial charge in [0.15, 0.2) is 11.6 Å². The SMILES string of the molecule is CN1CCCC(c2c[nH]c3cc(F)c(F)cc23)C1. The summed E-state index contributed by atoms with van der Waals surface area (Å²) in [5.41, 5.74) is 1.78. The number of nitrogens with zero attached hydrogens (tertiary/aromatic N) is 1. The van der Waals surface area contributed by atoms with Gasteiger partial charge in [-0.3, -0.25) is 0 Å². The first kappa shape index (κ1) is 11.7. The molecule has 96 valence electrons. The van der Waals surface area contributed by atoms with Gasteiger partial charge in [-0.1, -0.05) is 0 Å². The van der Waals surface area contributed by atoms with Crippen molar-refractivity contribution in [1.82, 2.24) is 9.88 Å². The maximum atomic E-state index is 13.4. The van der Waals surface area contributed by atoms with E-state index in [0.29, 0.717) is 11.4 Å². The number of H-pyrrole nitrogens is 1. The van der Waals surface area contributed by atoms with Crippen LogP contribution >= 0.6 is 0 Å². The Morgan fingerprint density at radius 1 is 1.28 bits per heavy atom. The second-order valence-electron chi connectivity index (χ2n) is 5.16. The predicted octanol–water partition coefficient (Wildman–Crippen LogP) is 3.26. The van der Waals surface area contributed by atoms with E-state index in [2.05, 4.69) is 16.9 Å². The van der Waals surface area contributed by atoms with Crippen LogP contribution in [-0.2, 0) is 0 Å². The Bertz CT molecular complexity index is 576. The number of aromatic amines is 1. The second-order valence-corrected chi connectivity index (χ2v) is 5.16. The van der Waals surface area contributed by atoms with Crippen molar-refractivity contribution in [1.29, 1.82) is 0 Å². The number of hydrogen-bond donors (Lipinski definition) is 1. The molecule has 1 N–H and O–H groups in total. The van der Waals surface area contributed by atoms with Crippen molar-refractivity contribution >= 4 is 10.9 Å². The lowest BCUT2D eigenvalue weighted by atomic mass is 9.90. The lowest BCUT2D eigenvalue weighted by molar-refractivity contribution is 0.251. The minimum absolute atomic E-state index is 0.405. The van der Waals surface area contributed by atoms with Gasteiger partial charge in [-0.2, -0.15) is 0 Å². The van der Waals surface area contributed by atoms with Crippen molar-refractivity contribution in [2.75, 3.05) is 20.1 Å². The standard InChI is InChI=1S/C14H16F2N2/c1-18-4-2-3-9(8-18)11-7-17-14-6-13(16)12(15)5-10(11)14/h5-7,9,17H,2-4,8H2,1H3. The molecule has 18 heavy (non-hydrogen) atoms. The summed E-state index contributed by atoms with van der Waals surface area (Å²) in [6, 6.07) is 2.55. The number of benzene rings is 1. The van der Waals surface area contributed by atoms with Gasteiger partial charge in [-0.05, 0) is 44.0 Å². The highest BCUT2D eigenvalue weighted by Gasteiger charge is 2.22. The number of likely N-dealkylation sites (N-methyl/N-ethyl adjacent to an activating group) is 1. The zero-order valence-electron chi connectivity index (χ0n) is 10.3. The highest BCUT2D eigenvalue weighted by molar-refractivity contribution is 5.84. The second kappa shape index (κ2) is 4.35. The topological polar surface area (TPSA) is 19.0 Å². The highest BCUT2D eigenvalue weighted by atomic mass is 19.2. The first-order valence-electron chi connectivity index (χ1n) is 6.29. The van der Waals surface area contributed by atoms with Crippen LogP contribution in [0.2, 0.25) is 0 Å². The quantitative estimate of drug-likeness (QED) is 0.823. The van der Waals surface area contributed by atoms with Gasteiger partial charge < -0.3 is 9.88 Å². The number of hydrogen-bond acceptors (Lipinski definition) is 1. The molecule has 4 heteroatoms. The van der Waals surface area contributed by atoms with Crippen LogP contribution in [0.5, 0.6) is 0 Å². The van der Waals surface area contributed by atoms with Gasteiger partial charge in [0.2, 0.25) is 0 Å². The molecule has 1 aliphatic heterocycles. The molecule has 0 aliphatic carbocycles. The third-order valence-corrected chi connectivity index (χ3v) is 3.82. The van der Waals surface area contributed by atoms with Crippen LogP contribution in [0.15, 0.2) is 18.3 Å². The summed E-state index contributed by atoms with van der Waals surface area (Å²) in [6.07, 6.45) is 4.15. The molecule has 0 amide bonds. The molecule has 2 aromatic rings. The van der Waals surface area contributed by atoms with Crippen molar-refractivity contribution in [2.24, 2.45) is 0 Å². The molecule has 1 aromatic heterocycles. The number of halogens is 2. The van der Waals surface area contributed by atoms with Gasteiger partial charge in [0.1, 0.15) is 0 Å². The molecule has 1 atom stereocenters. The smallest absolute Gasteiger partial charge is 0.160 e. The molecular weight excluding hydrogens is 234 g/mol. The first-order chi connectivity index (χ1) is 8.65. The van der Waals surface area contributed by atoms with Crippen molar-refractivity contribution in [2.45, 2.75) is 18.8 Å². The Labute approximate surface area is 105 Å². The van der Waals surface area contributed by atoms with Crippen LogP contribution in [0.1, 0.15) is 24.3 Å². The Kier molecular flexibility index (Phi) is 2.82. The summed E-state index contributed by atoms with van der Waals surface area (Å²) in [5, 5.41) is 0.814. The predicted molar refractivity (Wildman–Crippen MR) is 67.7 cm³/mol. The van der Waals surface area contributed by atoms with Crippen molar-refractivity contribution in [3.63, 3.8) is 0 Å². The van der Waals surface area contributed by atoms with Crippen LogP contribution in [0.4, 0.5) is 8.78 Å².